The van der Waals surface area contributed by atoms with Gasteiger partial charge in [-0.25, -0.2) is 9.97 Å². The molecule has 0 N–H and O–H groups in total. The molecule has 6 nitrogen and oxygen atoms in total. The van der Waals surface area contributed by atoms with Gasteiger partial charge in [-0.2, -0.15) is 0 Å². The molecular weight excluding hydrogens is 408 g/mol. The molecule has 31 heavy (non-hydrogen) atoms. The normalized spacial score (nSPS) is 16.5. The number of hydrogen-bond acceptors (Lipinski definition) is 6. The molecule has 0 saturated heterocycles. The lowest BCUT2D eigenvalue weighted by Crippen LogP contribution is -2.35. The molecule has 4 aromatic rings. The first-order chi connectivity index (χ1) is 15.1. The van der Waals surface area contributed by atoms with Gasteiger partial charge in [-0.1, -0.05) is 6.07 Å². The number of nitrogens with zero attached hydrogens (tertiary/aromatic N) is 4. The monoisotopic (exact) mass is 434 g/mol. The maximum absolute atomic E-state index is 5.62. The Morgan fingerprint density at radius 3 is 2.65 bits per heavy atom. The van der Waals surface area contributed by atoms with Gasteiger partial charge in [-0.05, 0) is 61.0 Å². The Labute approximate surface area is 186 Å². The van der Waals surface area contributed by atoms with E-state index in [9.17, 15) is 0 Å². The summed E-state index contributed by atoms with van der Waals surface area (Å²) in [5.74, 6) is 2.33. The number of methoxy groups -OCH3 is 2. The van der Waals surface area contributed by atoms with Gasteiger partial charge in [0, 0.05) is 35.6 Å². The number of rotatable bonds is 5. The Balaban J connectivity index is 1.55. The minimum atomic E-state index is 0.157. The van der Waals surface area contributed by atoms with Crippen LogP contribution in [-0.4, -0.2) is 40.0 Å². The Hall–Kier alpha value is -2.90. The molecule has 0 bridgehead atoms. The van der Waals surface area contributed by atoms with Gasteiger partial charge in [-0.3, -0.25) is 9.30 Å². The number of fused-ring (bicyclic) bond motifs is 2. The predicted molar refractivity (Wildman–Crippen MR) is 122 cm³/mol. The summed E-state index contributed by atoms with van der Waals surface area (Å²) >= 11 is 1.79. The first-order valence-electron chi connectivity index (χ1n) is 10.4. The van der Waals surface area contributed by atoms with Crippen molar-refractivity contribution < 1.29 is 9.47 Å². The molecule has 1 atom stereocenters. The molecule has 0 fully saturated rings. The van der Waals surface area contributed by atoms with E-state index in [-0.39, 0.29) is 6.04 Å². The van der Waals surface area contributed by atoms with Crippen LogP contribution in [0.15, 0.2) is 41.9 Å². The largest absolute Gasteiger partial charge is 0.493 e. The van der Waals surface area contributed by atoms with Crippen LogP contribution in [0.3, 0.4) is 0 Å². The van der Waals surface area contributed by atoms with E-state index in [0.29, 0.717) is 0 Å². The summed E-state index contributed by atoms with van der Waals surface area (Å²) < 4.78 is 13.2. The zero-order valence-corrected chi connectivity index (χ0v) is 19.1. The van der Waals surface area contributed by atoms with Crippen molar-refractivity contribution in [3.05, 3.63) is 75.0 Å². The van der Waals surface area contributed by atoms with Crippen molar-refractivity contribution in [2.24, 2.45) is 0 Å². The van der Waals surface area contributed by atoms with Gasteiger partial charge >= 0.3 is 0 Å². The van der Waals surface area contributed by atoms with Crippen molar-refractivity contribution in [2.75, 3.05) is 20.8 Å². The van der Waals surface area contributed by atoms with Crippen LogP contribution in [0.5, 0.6) is 11.5 Å². The predicted octanol–water partition coefficient (Wildman–Crippen LogP) is 4.57. The van der Waals surface area contributed by atoms with Crippen LogP contribution in [0.1, 0.15) is 39.1 Å². The zero-order valence-electron chi connectivity index (χ0n) is 18.3. The topological polar surface area (TPSA) is 51.9 Å². The van der Waals surface area contributed by atoms with E-state index in [4.69, 9.17) is 14.5 Å². The summed E-state index contributed by atoms with van der Waals surface area (Å²) in [5, 5.41) is 2.14. The third kappa shape index (κ3) is 3.58. The Bertz CT molecular complexity index is 1230. The zero-order chi connectivity index (χ0) is 21.5. The fourth-order valence-corrected chi connectivity index (χ4v) is 5.43. The molecule has 0 aliphatic carbocycles. The molecule has 0 saturated carbocycles. The number of aryl methyl sites for hydroxylation is 2. The highest BCUT2D eigenvalue weighted by Gasteiger charge is 2.31. The summed E-state index contributed by atoms with van der Waals surface area (Å²) in [5.41, 5.74) is 5.77. The molecule has 1 aromatic carbocycles. The van der Waals surface area contributed by atoms with E-state index in [2.05, 4.69) is 63.1 Å². The molecule has 160 valence electrons. The summed E-state index contributed by atoms with van der Waals surface area (Å²) in [6, 6.07) is 10.9. The summed E-state index contributed by atoms with van der Waals surface area (Å²) in [7, 11) is 3.39. The van der Waals surface area contributed by atoms with Gasteiger partial charge in [0.2, 0.25) is 5.78 Å². The first kappa shape index (κ1) is 20.0. The number of benzene rings is 1. The molecular formula is C24H26N4O2S. The highest BCUT2D eigenvalue weighted by Crippen LogP contribution is 2.42. The minimum absolute atomic E-state index is 0.157. The summed E-state index contributed by atoms with van der Waals surface area (Å²) in [6.07, 6.45) is 3.08. The van der Waals surface area contributed by atoms with Gasteiger partial charge in [0.15, 0.2) is 11.5 Å². The van der Waals surface area contributed by atoms with Crippen molar-refractivity contribution in [3.8, 4) is 11.5 Å². The molecule has 7 heteroatoms. The van der Waals surface area contributed by atoms with Crippen LogP contribution in [0, 0.1) is 13.8 Å². The number of hydrogen-bond donors (Lipinski definition) is 0. The van der Waals surface area contributed by atoms with Crippen LogP contribution in [0.25, 0.3) is 5.78 Å². The van der Waals surface area contributed by atoms with Crippen molar-refractivity contribution in [1.82, 2.24) is 19.3 Å². The maximum atomic E-state index is 5.62. The molecule has 0 spiro atoms. The standard InChI is InChI=1S/C24H26N4O2S/c1-15-10-16(2)28-14-18(26-24(28)25-15)13-27-8-7-17-11-20(29-3)21(30-4)12-19(17)23(27)22-6-5-9-31-22/h5-6,9-12,14,23H,7-8,13H2,1-4H3. The van der Waals surface area contributed by atoms with Gasteiger partial charge in [0.25, 0.3) is 0 Å². The second-order valence-corrected chi connectivity index (χ2v) is 8.96. The van der Waals surface area contributed by atoms with Crippen molar-refractivity contribution >= 4 is 17.1 Å². The van der Waals surface area contributed by atoms with Crippen LogP contribution >= 0.6 is 11.3 Å². The lowest BCUT2D eigenvalue weighted by Gasteiger charge is -2.37. The van der Waals surface area contributed by atoms with Crippen molar-refractivity contribution in [1.29, 1.82) is 0 Å². The Morgan fingerprint density at radius 1 is 1.10 bits per heavy atom. The molecule has 5 rings (SSSR count). The smallest absolute Gasteiger partial charge is 0.234 e. The maximum Gasteiger partial charge on any atom is 0.234 e. The number of thiophene rings is 1. The number of ether oxygens (including phenoxy) is 2. The molecule has 1 aliphatic rings. The summed E-state index contributed by atoms with van der Waals surface area (Å²) in [6.45, 7) is 5.82. The average molecular weight is 435 g/mol. The third-order valence-corrected chi connectivity index (χ3v) is 6.89. The second-order valence-electron chi connectivity index (χ2n) is 7.99. The van der Waals surface area contributed by atoms with E-state index in [1.165, 1.54) is 16.0 Å². The molecule has 1 unspecified atom stereocenters. The summed E-state index contributed by atoms with van der Waals surface area (Å²) in [4.78, 5) is 13.3. The van der Waals surface area contributed by atoms with E-state index in [1.807, 2.05) is 6.92 Å². The van der Waals surface area contributed by atoms with Crippen molar-refractivity contribution in [2.45, 2.75) is 32.9 Å². The minimum Gasteiger partial charge on any atom is -0.493 e. The van der Waals surface area contributed by atoms with Crippen LogP contribution in [0.4, 0.5) is 0 Å². The van der Waals surface area contributed by atoms with E-state index in [0.717, 1.165) is 53.9 Å². The van der Waals surface area contributed by atoms with E-state index < -0.39 is 0 Å². The van der Waals surface area contributed by atoms with Gasteiger partial charge in [0.05, 0.1) is 26.0 Å². The fourth-order valence-electron chi connectivity index (χ4n) is 4.55. The van der Waals surface area contributed by atoms with Gasteiger partial charge < -0.3 is 9.47 Å². The quantitative estimate of drug-likeness (QED) is 0.460. The van der Waals surface area contributed by atoms with Crippen LogP contribution < -0.4 is 9.47 Å². The molecule has 3 aromatic heterocycles. The first-order valence-corrected chi connectivity index (χ1v) is 11.3. The molecule has 4 heterocycles. The van der Waals surface area contributed by atoms with Crippen LogP contribution in [-0.2, 0) is 13.0 Å². The lowest BCUT2D eigenvalue weighted by atomic mass is 9.90. The van der Waals surface area contributed by atoms with Gasteiger partial charge in [-0.15, -0.1) is 11.3 Å². The molecule has 0 radical (unpaired) electrons. The lowest BCUT2D eigenvalue weighted by molar-refractivity contribution is 0.204. The Kier molecular flexibility index (Phi) is 5.16. The van der Waals surface area contributed by atoms with E-state index in [1.54, 1.807) is 25.6 Å². The Morgan fingerprint density at radius 2 is 1.90 bits per heavy atom. The highest BCUT2D eigenvalue weighted by molar-refractivity contribution is 7.10. The van der Waals surface area contributed by atoms with Crippen LogP contribution in [0.2, 0.25) is 0 Å². The SMILES string of the molecule is COc1cc2c(cc1OC)C(c1cccs1)N(Cc1cn3c(C)cc(C)nc3n1)CC2. The molecule has 0 amide bonds. The second kappa shape index (κ2) is 7.98. The van der Waals surface area contributed by atoms with E-state index >= 15 is 0 Å². The van der Waals surface area contributed by atoms with Gasteiger partial charge in [0.1, 0.15) is 0 Å². The fraction of sp³-hybridized carbons (Fsp3) is 0.333. The highest BCUT2D eigenvalue weighted by atomic mass is 32.1. The molecule has 1 aliphatic heterocycles. The third-order valence-electron chi connectivity index (χ3n) is 5.96. The average Bonchev–Trinajstić information content (AvgIpc) is 3.42. The number of imidazole rings is 1. The van der Waals surface area contributed by atoms with Crippen molar-refractivity contribution in [3.63, 3.8) is 0 Å². The number of aromatic nitrogens is 3.